The van der Waals surface area contributed by atoms with E-state index < -0.39 is 0 Å². The van der Waals surface area contributed by atoms with Gasteiger partial charge in [-0.15, -0.1) is 0 Å². The first-order chi connectivity index (χ1) is 6.79. The van der Waals surface area contributed by atoms with Crippen LogP contribution in [-0.4, -0.2) is 16.8 Å². The predicted octanol–water partition coefficient (Wildman–Crippen LogP) is 1.90. The zero-order valence-corrected chi connectivity index (χ0v) is 8.88. The Morgan fingerprint density at radius 2 is 2.29 bits per heavy atom. The van der Waals surface area contributed by atoms with Crippen molar-refractivity contribution in [1.29, 1.82) is 0 Å². The molecule has 14 heavy (non-hydrogen) atoms. The molecule has 2 bridgehead atoms. The Morgan fingerprint density at radius 3 is 3.07 bits per heavy atom. The van der Waals surface area contributed by atoms with Crippen LogP contribution in [0.1, 0.15) is 36.4 Å². The van der Waals surface area contributed by atoms with Gasteiger partial charge in [0.15, 0.2) is 5.82 Å². The lowest BCUT2D eigenvalue weighted by Gasteiger charge is -2.20. The molecule has 3 rings (SSSR count). The van der Waals surface area contributed by atoms with Crippen LogP contribution in [0.5, 0.6) is 0 Å². The van der Waals surface area contributed by atoms with Crippen LogP contribution < -0.4 is 5.32 Å². The predicted molar refractivity (Wildman–Crippen MR) is 56.5 cm³/mol. The van der Waals surface area contributed by atoms with E-state index in [-0.39, 0.29) is 0 Å². The molecule has 1 N–H and O–H groups in total. The van der Waals surface area contributed by atoms with E-state index in [9.17, 15) is 0 Å². The number of aryl methyl sites for hydroxylation is 1. The number of nitrogens with one attached hydrogen (secondary N) is 1. The van der Waals surface area contributed by atoms with Gasteiger partial charge in [0, 0.05) is 25.4 Å². The molecule has 1 aromatic rings. The number of anilines is 1. The van der Waals surface area contributed by atoms with Crippen molar-refractivity contribution < 1.29 is 0 Å². The summed E-state index contributed by atoms with van der Waals surface area (Å²) in [6.45, 7) is 0. The summed E-state index contributed by atoms with van der Waals surface area (Å²) in [4.78, 5) is 0. The van der Waals surface area contributed by atoms with E-state index >= 15 is 0 Å². The summed E-state index contributed by atoms with van der Waals surface area (Å²) in [5, 5.41) is 7.76. The molecule has 0 saturated heterocycles. The Hall–Kier alpha value is -0.990. The lowest BCUT2D eigenvalue weighted by Crippen LogP contribution is -2.12. The largest absolute Gasteiger partial charge is 0.371 e. The fraction of sp³-hybridized carbons (Fsp3) is 0.727. The van der Waals surface area contributed by atoms with Crippen molar-refractivity contribution in [1.82, 2.24) is 9.78 Å². The van der Waals surface area contributed by atoms with Crippen LogP contribution in [-0.2, 0) is 13.5 Å². The van der Waals surface area contributed by atoms with Crippen molar-refractivity contribution in [2.75, 3.05) is 12.4 Å². The number of hydrogen-bond acceptors (Lipinski definition) is 2. The van der Waals surface area contributed by atoms with E-state index in [0.717, 1.165) is 17.7 Å². The van der Waals surface area contributed by atoms with Gasteiger partial charge in [-0.05, 0) is 37.5 Å². The number of fused-ring (bicyclic) bond motifs is 4. The van der Waals surface area contributed by atoms with Crippen molar-refractivity contribution in [3.8, 4) is 0 Å². The summed E-state index contributed by atoms with van der Waals surface area (Å²) >= 11 is 0. The van der Waals surface area contributed by atoms with Gasteiger partial charge < -0.3 is 5.32 Å². The minimum absolute atomic E-state index is 0.792. The summed E-state index contributed by atoms with van der Waals surface area (Å²) < 4.78 is 2.08. The molecule has 0 radical (unpaired) electrons. The van der Waals surface area contributed by atoms with Gasteiger partial charge >= 0.3 is 0 Å². The smallest absolute Gasteiger partial charge is 0.151 e. The maximum atomic E-state index is 4.54. The summed E-state index contributed by atoms with van der Waals surface area (Å²) in [6, 6.07) is 0. The first-order valence-corrected chi connectivity index (χ1v) is 5.53. The Balaban J connectivity index is 2.14. The summed E-state index contributed by atoms with van der Waals surface area (Å²) in [7, 11) is 4.05. The van der Waals surface area contributed by atoms with Gasteiger partial charge in [-0.1, -0.05) is 0 Å². The molecule has 1 saturated carbocycles. The van der Waals surface area contributed by atoms with Crippen LogP contribution in [0, 0.1) is 5.92 Å². The van der Waals surface area contributed by atoms with Gasteiger partial charge in [-0.2, -0.15) is 5.10 Å². The van der Waals surface area contributed by atoms with Crippen molar-refractivity contribution in [2.24, 2.45) is 13.0 Å². The normalized spacial score (nSPS) is 29.0. The van der Waals surface area contributed by atoms with Crippen molar-refractivity contribution in [3.05, 3.63) is 11.3 Å². The Labute approximate surface area is 84.5 Å². The topological polar surface area (TPSA) is 29.9 Å². The van der Waals surface area contributed by atoms with Gasteiger partial charge in [0.1, 0.15) is 0 Å². The van der Waals surface area contributed by atoms with Crippen molar-refractivity contribution >= 4 is 5.82 Å². The van der Waals surface area contributed by atoms with Gasteiger partial charge in [0.25, 0.3) is 0 Å². The maximum absolute atomic E-state index is 4.54. The highest BCUT2D eigenvalue weighted by molar-refractivity contribution is 5.50. The molecule has 1 aromatic heterocycles. The van der Waals surface area contributed by atoms with Crippen LogP contribution in [0.15, 0.2) is 0 Å². The minimum Gasteiger partial charge on any atom is -0.371 e. The fourth-order valence-electron chi connectivity index (χ4n) is 3.23. The van der Waals surface area contributed by atoms with Gasteiger partial charge in [-0.25, -0.2) is 0 Å². The Bertz CT molecular complexity index is 367. The molecule has 3 nitrogen and oxygen atoms in total. The SMILES string of the molecule is CNc1nn(C)c2c1C1CCC(C2)C1. The highest BCUT2D eigenvalue weighted by atomic mass is 15.3. The molecule has 1 heterocycles. The van der Waals surface area contributed by atoms with Crippen LogP contribution in [0.2, 0.25) is 0 Å². The van der Waals surface area contributed by atoms with Crippen LogP contribution in [0.3, 0.4) is 0 Å². The zero-order chi connectivity index (χ0) is 9.71. The molecule has 0 aliphatic heterocycles. The van der Waals surface area contributed by atoms with Crippen LogP contribution >= 0.6 is 0 Å². The molecule has 3 heteroatoms. The quantitative estimate of drug-likeness (QED) is 0.734. The third-order valence-corrected chi connectivity index (χ3v) is 3.87. The van der Waals surface area contributed by atoms with E-state index in [1.807, 2.05) is 7.05 Å². The van der Waals surface area contributed by atoms with Crippen molar-refractivity contribution in [2.45, 2.75) is 31.6 Å². The van der Waals surface area contributed by atoms with E-state index in [4.69, 9.17) is 0 Å². The monoisotopic (exact) mass is 191 g/mol. The lowest BCUT2D eigenvalue weighted by molar-refractivity contribution is 0.488. The maximum Gasteiger partial charge on any atom is 0.151 e. The lowest BCUT2D eigenvalue weighted by atomic mass is 9.87. The Kier molecular flexibility index (Phi) is 1.64. The van der Waals surface area contributed by atoms with Gasteiger partial charge in [-0.3, -0.25) is 4.68 Å². The summed E-state index contributed by atoms with van der Waals surface area (Å²) in [6.07, 6.45) is 5.44. The molecule has 2 unspecified atom stereocenters. The van der Waals surface area contributed by atoms with E-state index in [1.165, 1.54) is 36.9 Å². The van der Waals surface area contributed by atoms with Crippen LogP contribution in [0.4, 0.5) is 5.82 Å². The number of hydrogen-bond donors (Lipinski definition) is 1. The third kappa shape index (κ3) is 0.954. The molecule has 2 aliphatic rings. The molecule has 0 spiro atoms. The summed E-state index contributed by atoms with van der Waals surface area (Å²) in [5.74, 6) is 2.85. The minimum atomic E-state index is 0.792. The Morgan fingerprint density at radius 1 is 1.43 bits per heavy atom. The average Bonchev–Trinajstić information content (AvgIpc) is 2.71. The number of aromatic nitrogens is 2. The number of nitrogens with zero attached hydrogens (tertiary/aromatic N) is 2. The molecule has 2 atom stereocenters. The highest BCUT2D eigenvalue weighted by Crippen LogP contribution is 2.48. The summed E-state index contributed by atoms with van der Waals surface area (Å²) in [5.41, 5.74) is 3.00. The molecular formula is C11H17N3. The fourth-order valence-corrected chi connectivity index (χ4v) is 3.23. The number of rotatable bonds is 1. The van der Waals surface area contributed by atoms with Gasteiger partial charge in [0.2, 0.25) is 0 Å². The second-order valence-corrected chi connectivity index (χ2v) is 4.66. The zero-order valence-electron chi connectivity index (χ0n) is 8.88. The van der Waals surface area contributed by atoms with E-state index in [2.05, 4.69) is 22.1 Å². The molecular weight excluding hydrogens is 174 g/mol. The first-order valence-electron chi connectivity index (χ1n) is 5.53. The van der Waals surface area contributed by atoms with Gasteiger partial charge in [0.05, 0.1) is 0 Å². The molecule has 76 valence electrons. The third-order valence-electron chi connectivity index (χ3n) is 3.87. The second-order valence-electron chi connectivity index (χ2n) is 4.66. The van der Waals surface area contributed by atoms with Crippen molar-refractivity contribution in [3.63, 3.8) is 0 Å². The molecule has 2 aliphatic carbocycles. The van der Waals surface area contributed by atoms with E-state index in [0.29, 0.717) is 0 Å². The highest BCUT2D eigenvalue weighted by Gasteiger charge is 2.36. The van der Waals surface area contributed by atoms with E-state index in [1.54, 1.807) is 0 Å². The molecule has 1 fully saturated rings. The molecule has 0 amide bonds. The molecule has 0 aromatic carbocycles. The average molecular weight is 191 g/mol. The first kappa shape index (κ1) is 8.33. The standard InChI is InChI=1S/C11H17N3/c1-12-11-10-8-4-3-7(5-8)6-9(10)14(2)13-11/h7-8H,3-6H2,1-2H3,(H,12,13). The van der Waals surface area contributed by atoms with Crippen LogP contribution in [0.25, 0.3) is 0 Å². The second kappa shape index (κ2) is 2.75.